The highest BCUT2D eigenvalue weighted by atomic mass is 35.5. The van der Waals surface area contributed by atoms with Crippen molar-refractivity contribution in [2.45, 2.75) is 44.4 Å². The number of hydrogen-bond donors (Lipinski definition) is 2. The molecule has 2 aliphatic carbocycles. The van der Waals surface area contributed by atoms with Crippen LogP contribution in [0.3, 0.4) is 0 Å². The molecule has 0 aromatic carbocycles. The summed E-state index contributed by atoms with van der Waals surface area (Å²) < 4.78 is 1.49. The van der Waals surface area contributed by atoms with Crippen LogP contribution < -0.4 is 10.9 Å². The Kier molecular flexibility index (Phi) is 3.03. The van der Waals surface area contributed by atoms with E-state index in [0.717, 1.165) is 0 Å². The fraction of sp³-hybridized carbons (Fsp3) is 0.667. The van der Waals surface area contributed by atoms with E-state index in [2.05, 4.69) is 10.4 Å². The van der Waals surface area contributed by atoms with Crippen molar-refractivity contribution in [3.8, 4) is 0 Å². The fourth-order valence-electron chi connectivity index (χ4n) is 2.18. The first kappa shape index (κ1) is 12.0. The van der Waals surface area contributed by atoms with E-state index in [1.165, 1.54) is 23.7 Å². The summed E-state index contributed by atoms with van der Waals surface area (Å²) in [5.41, 5.74) is 0.264. The summed E-state index contributed by atoms with van der Waals surface area (Å²) in [7, 11) is 0. The van der Waals surface area contributed by atoms with E-state index in [4.69, 9.17) is 11.6 Å². The lowest BCUT2D eigenvalue weighted by Crippen LogP contribution is -2.41. The molecule has 18 heavy (non-hydrogen) atoms. The molecule has 98 valence electrons. The third kappa shape index (κ3) is 2.37. The molecule has 6 heteroatoms. The van der Waals surface area contributed by atoms with Gasteiger partial charge in [-0.25, -0.2) is 4.68 Å². The molecular weight excluding hydrogens is 254 g/mol. The summed E-state index contributed by atoms with van der Waals surface area (Å²) in [4.78, 5) is 12.2. The average molecular weight is 270 g/mol. The normalized spacial score (nSPS) is 26.8. The van der Waals surface area contributed by atoms with Gasteiger partial charge in [-0.05, 0) is 31.6 Å². The Morgan fingerprint density at radius 1 is 1.50 bits per heavy atom. The third-order valence-corrected chi connectivity index (χ3v) is 3.87. The van der Waals surface area contributed by atoms with Crippen molar-refractivity contribution in [3.05, 3.63) is 21.6 Å². The van der Waals surface area contributed by atoms with Crippen molar-refractivity contribution in [1.29, 1.82) is 0 Å². The van der Waals surface area contributed by atoms with Gasteiger partial charge >= 0.3 is 0 Å². The standard InChI is InChI=1S/C12H16ClN3O2/c13-10-5-14-16(6-7-1-2-7)12(18)11(10)15-8-3-9(17)4-8/h5,7-9,15,17H,1-4,6H2. The van der Waals surface area contributed by atoms with E-state index in [1.807, 2.05) is 0 Å². The second kappa shape index (κ2) is 4.55. The summed E-state index contributed by atoms with van der Waals surface area (Å²) in [6.07, 6.45) is 4.95. The van der Waals surface area contributed by atoms with Gasteiger partial charge in [0.25, 0.3) is 5.56 Å². The van der Waals surface area contributed by atoms with Crippen molar-refractivity contribution in [1.82, 2.24) is 9.78 Å². The van der Waals surface area contributed by atoms with Crippen LogP contribution in [0, 0.1) is 5.92 Å². The largest absolute Gasteiger partial charge is 0.393 e. The summed E-state index contributed by atoms with van der Waals surface area (Å²) in [5.74, 6) is 0.592. The lowest BCUT2D eigenvalue weighted by atomic mass is 9.89. The van der Waals surface area contributed by atoms with Gasteiger partial charge in [0, 0.05) is 12.6 Å². The van der Waals surface area contributed by atoms with Crippen LogP contribution in [0.1, 0.15) is 25.7 Å². The van der Waals surface area contributed by atoms with Gasteiger partial charge in [-0.1, -0.05) is 11.6 Å². The average Bonchev–Trinajstić information content (AvgIpc) is 3.09. The van der Waals surface area contributed by atoms with E-state index >= 15 is 0 Å². The molecule has 2 saturated carbocycles. The van der Waals surface area contributed by atoms with Gasteiger partial charge in [-0.3, -0.25) is 4.79 Å². The van der Waals surface area contributed by atoms with Crippen molar-refractivity contribution < 1.29 is 5.11 Å². The maximum atomic E-state index is 12.2. The number of nitrogens with one attached hydrogen (secondary N) is 1. The number of aliphatic hydroxyl groups excluding tert-OH is 1. The first-order valence-electron chi connectivity index (χ1n) is 6.33. The van der Waals surface area contributed by atoms with E-state index < -0.39 is 0 Å². The van der Waals surface area contributed by atoms with E-state index in [-0.39, 0.29) is 17.7 Å². The number of nitrogens with zero attached hydrogens (tertiary/aromatic N) is 2. The molecule has 2 N–H and O–H groups in total. The molecule has 1 heterocycles. The second-order valence-electron chi connectivity index (χ2n) is 5.26. The Bertz CT molecular complexity index is 507. The van der Waals surface area contributed by atoms with E-state index in [9.17, 15) is 9.90 Å². The number of rotatable bonds is 4. The van der Waals surface area contributed by atoms with Gasteiger partial charge < -0.3 is 10.4 Å². The Hall–Kier alpha value is -1.07. The Morgan fingerprint density at radius 3 is 2.83 bits per heavy atom. The molecule has 1 aromatic rings. The Balaban J connectivity index is 1.80. The first-order chi connectivity index (χ1) is 8.63. The van der Waals surface area contributed by atoms with Crippen LogP contribution in [-0.2, 0) is 6.54 Å². The molecule has 0 saturated heterocycles. The molecule has 5 nitrogen and oxygen atoms in total. The van der Waals surface area contributed by atoms with Crippen LogP contribution in [0.15, 0.2) is 11.0 Å². The molecule has 0 radical (unpaired) electrons. The van der Waals surface area contributed by atoms with Gasteiger partial charge in [0.15, 0.2) is 0 Å². The Morgan fingerprint density at radius 2 is 2.22 bits per heavy atom. The highest BCUT2D eigenvalue weighted by Gasteiger charge is 2.29. The molecule has 0 bridgehead atoms. The fourth-order valence-corrected chi connectivity index (χ4v) is 2.36. The molecule has 3 rings (SSSR count). The van der Waals surface area contributed by atoms with Crippen LogP contribution >= 0.6 is 11.6 Å². The molecule has 2 aliphatic rings. The highest BCUT2D eigenvalue weighted by molar-refractivity contribution is 6.33. The quantitative estimate of drug-likeness (QED) is 0.863. The zero-order valence-corrected chi connectivity index (χ0v) is 10.7. The molecule has 1 aromatic heterocycles. The lowest BCUT2D eigenvalue weighted by Gasteiger charge is -2.32. The molecule has 0 spiro atoms. The number of halogens is 1. The monoisotopic (exact) mass is 269 g/mol. The van der Waals surface area contributed by atoms with E-state index in [1.54, 1.807) is 0 Å². The third-order valence-electron chi connectivity index (χ3n) is 3.59. The molecule has 0 atom stereocenters. The van der Waals surface area contributed by atoms with Gasteiger partial charge in [-0.2, -0.15) is 5.10 Å². The molecule has 0 amide bonds. The van der Waals surface area contributed by atoms with E-state index in [0.29, 0.717) is 36.0 Å². The van der Waals surface area contributed by atoms with Crippen LogP contribution in [0.5, 0.6) is 0 Å². The molecule has 0 unspecified atom stereocenters. The van der Waals surface area contributed by atoms with Crippen LogP contribution in [0.2, 0.25) is 5.02 Å². The molecular formula is C12H16ClN3O2. The van der Waals surface area contributed by atoms with Crippen molar-refractivity contribution in [2.75, 3.05) is 5.32 Å². The number of hydrogen-bond acceptors (Lipinski definition) is 4. The summed E-state index contributed by atoms with van der Waals surface area (Å²) in [6.45, 7) is 0.679. The summed E-state index contributed by atoms with van der Waals surface area (Å²) in [6, 6.07) is 0.141. The number of aliphatic hydroxyl groups is 1. The predicted octanol–water partition coefficient (Wildman–Crippen LogP) is 1.24. The summed E-state index contributed by atoms with van der Waals surface area (Å²) >= 11 is 6.01. The highest BCUT2D eigenvalue weighted by Crippen LogP contribution is 2.30. The van der Waals surface area contributed by atoms with Crippen LogP contribution in [0.4, 0.5) is 5.69 Å². The maximum Gasteiger partial charge on any atom is 0.291 e. The zero-order chi connectivity index (χ0) is 12.7. The van der Waals surface area contributed by atoms with Gasteiger partial charge in [0.2, 0.25) is 0 Å². The van der Waals surface area contributed by atoms with Gasteiger partial charge in [0.1, 0.15) is 5.69 Å². The summed E-state index contributed by atoms with van der Waals surface area (Å²) in [5, 5.41) is 16.8. The zero-order valence-electron chi connectivity index (χ0n) is 9.97. The van der Waals surface area contributed by atoms with Crippen LogP contribution in [0.25, 0.3) is 0 Å². The minimum atomic E-state index is -0.253. The SMILES string of the molecule is O=c1c(NC2CC(O)C2)c(Cl)cnn1CC1CC1. The minimum Gasteiger partial charge on any atom is -0.393 e. The second-order valence-corrected chi connectivity index (χ2v) is 5.67. The van der Waals surface area contributed by atoms with Crippen LogP contribution in [-0.4, -0.2) is 27.0 Å². The topological polar surface area (TPSA) is 67.2 Å². The van der Waals surface area contributed by atoms with Crippen molar-refractivity contribution in [2.24, 2.45) is 5.92 Å². The minimum absolute atomic E-state index is 0.141. The van der Waals surface area contributed by atoms with Crippen molar-refractivity contribution in [3.63, 3.8) is 0 Å². The van der Waals surface area contributed by atoms with Gasteiger partial charge in [-0.15, -0.1) is 0 Å². The smallest absolute Gasteiger partial charge is 0.291 e. The van der Waals surface area contributed by atoms with Crippen molar-refractivity contribution >= 4 is 17.3 Å². The molecule has 0 aliphatic heterocycles. The maximum absolute atomic E-state index is 12.2. The van der Waals surface area contributed by atoms with Gasteiger partial charge in [0.05, 0.1) is 17.3 Å². The lowest BCUT2D eigenvalue weighted by molar-refractivity contribution is 0.0836. The molecule has 2 fully saturated rings. The Labute approximate surface area is 110 Å². The number of anilines is 1. The first-order valence-corrected chi connectivity index (χ1v) is 6.71. The number of aromatic nitrogens is 2. The predicted molar refractivity (Wildman–Crippen MR) is 68.9 cm³/mol.